The second-order valence-electron chi connectivity index (χ2n) is 7.26. The average Bonchev–Trinajstić information content (AvgIpc) is 3.06. The fourth-order valence-corrected chi connectivity index (χ4v) is 5.33. The molecule has 0 saturated heterocycles. The maximum absolute atomic E-state index is 2.56. The maximum atomic E-state index is 2.56. The summed E-state index contributed by atoms with van der Waals surface area (Å²) in [7, 11) is 0. The van der Waals surface area contributed by atoms with Crippen LogP contribution in [-0.4, -0.2) is 0 Å². The van der Waals surface area contributed by atoms with E-state index in [0.29, 0.717) is 5.41 Å². The summed E-state index contributed by atoms with van der Waals surface area (Å²) < 4.78 is 0. The molecule has 1 aromatic carbocycles. The molecule has 0 nitrogen and oxygen atoms in total. The molecule has 106 valence electrons. The van der Waals surface area contributed by atoms with Gasteiger partial charge in [-0.15, -0.1) is 0 Å². The molecule has 0 aromatic heterocycles. The molecule has 1 fully saturated rings. The van der Waals surface area contributed by atoms with E-state index in [2.05, 4.69) is 37.3 Å². The monoisotopic (exact) mass is 266 g/mol. The van der Waals surface area contributed by atoms with Crippen LogP contribution in [0.5, 0.6) is 0 Å². The Morgan fingerprint density at radius 1 is 1.25 bits per heavy atom. The quantitative estimate of drug-likeness (QED) is 0.660. The van der Waals surface area contributed by atoms with Crippen molar-refractivity contribution in [2.45, 2.75) is 63.7 Å². The van der Waals surface area contributed by atoms with Crippen molar-refractivity contribution >= 4 is 0 Å². The minimum Gasteiger partial charge on any atom is -0.0851 e. The highest BCUT2D eigenvalue weighted by Crippen LogP contribution is 2.58. The molecule has 0 N–H and O–H groups in total. The summed E-state index contributed by atoms with van der Waals surface area (Å²) in [6.07, 6.45) is 16.0. The molecule has 3 unspecified atom stereocenters. The minimum absolute atomic E-state index is 0.525. The zero-order chi connectivity index (χ0) is 13.6. The standard InChI is InChI=1S/C20H26/c1-2-3-6-16-7-4-8-17-9-5-12-20(19(16)17)14-15-10-11-18(20)13-15/h4,7-8,10-11,15,18H,2-3,5-6,9,12-14H2,1H3. The molecule has 2 bridgehead atoms. The fraction of sp³-hybridized carbons (Fsp3) is 0.600. The van der Waals surface area contributed by atoms with E-state index in [0.717, 1.165) is 11.8 Å². The molecule has 20 heavy (non-hydrogen) atoms. The topological polar surface area (TPSA) is 0 Å². The van der Waals surface area contributed by atoms with E-state index >= 15 is 0 Å². The average molecular weight is 266 g/mol. The van der Waals surface area contributed by atoms with Crippen molar-refractivity contribution in [1.29, 1.82) is 0 Å². The van der Waals surface area contributed by atoms with Gasteiger partial charge in [0.15, 0.2) is 0 Å². The summed E-state index contributed by atoms with van der Waals surface area (Å²) in [5.74, 6) is 1.72. The molecule has 4 rings (SSSR count). The molecule has 3 atom stereocenters. The van der Waals surface area contributed by atoms with E-state index in [9.17, 15) is 0 Å². The highest BCUT2D eigenvalue weighted by Gasteiger charge is 2.51. The van der Waals surface area contributed by atoms with Crippen molar-refractivity contribution in [3.63, 3.8) is 0 Å². The number of hydrogen-bond acceptors (Lipinski definition) is 0. The molecular formula is C20H26. The van der Waals surface area contributed by atoms with Gasteiger partial charge in [0.05, 0.1) is 0 Å². The first-order chi connectivity index (χ1) is 9.83. The van der Waals surface area contributed by atoms with Crippen LogP contribution in [0.1, 0.15) is 62.1 Å². The molecule has 3 aliphatic rings. The predicted molar refractivity (Wildman–Crippen MR) is 85.0 cm³/mol. The maximum Gasteiger partial charge on any atom is 0.00271 e. The van der Waals surface area contributed by atoms with Crippen LogP contribution in [-0.2, 0) is 18.3 Å². The van der Waals surface area contributed by atoms with Crippen LogP contribution in [0.3, 0.4) is 0 Å². The molecule has 3 aliphatic carbocycles. The number of benzene rings is 1. The molecule has 0 amide bonds. The summed E-state index contributed by atoms with van der Waals surface area (Å²) in [5, 5.41) is 0. The van der Waals surface area contributed by atoms with Gasteiger partial charge in [-0.25, -0.2) is 0 Å². The van der Waals surface area contributed by atoms with Crippen LogP contribution in [0.25, 0.3) is 0 Å². The highest BCUT2D eigenvalue weighted by atomic mass is 14.5. The normalized spacial score (nSPS) is 33.9. The van der Waals surface area contributed by atoms with Crippen LogP contribution < -0.4 is 0 Å². The zero-order valence-corrected chi connectivity index (χ0v) is 12.7. The molecule has 0 radical (unpaired) electrons. The first kappa shape index (κ1) is 12.7. The molecule has 0 aliphatic heterocycles. The second-order valence-corrected chi connectivity index (χ2v) is 7.26. The van der Waals surface area contributed by atoms with Gasteiger partial charge in [0, 0.05) is 5.41 Å². The number of rotatable bonds is 3. The van der Waals surface area contributed by atoms with Gasteiger partial charge >= 0.3 is 0 Å². The van der Waals surface area contributed by atoms with E-state index < -0.39 is 0 Å². The minimum atomic E-state index is 0.525. The van der Waals surface area contributed by atoms with Gasteiger partial charge in [-0.2, -0.15) is 0 Å². The summed E-state index contributed by atoms with van der Waals surface area (Å²) >= 11 is 0. The third kappa shape index (κ3) is 1.73. The first-order valence-electron chi connectivity index (χ1n) is 8.63. The zero-order valence-electron chi connectivity index (χ0n) is 12.7. The molecular weight excluding hydrogens is 240 g/mol. The third-order valence-electron chi connectivity index (χ3n) is 6.11. The van der Waals surface area contributed by atoms with Crippen LogP contribution in [0.15, 0.2) is 30.4 Å². The Hall–Kier alpha value is -1.04. The van der Waals surface area contributed by atoms with E-state index in [1.807, 2.05) is 0 Å². The molecule has 1 aromatic rings. The van der Waals surface area contributed by atoms with Crippen molar-refractivity contribution in [2.24, 2.45) is 11.8 Å². The summed E-state index contributed by atoms with van der Waals surface area (Å²) in [4.78, 5) is 0. The lowest BCUT2D eigenvalue weighted by molar-refractivity contribution is 0.301. The Morgan fingerprint density at radius 3 is 2.95 bits per heavy atom. The Bertz CT molecular complexity index is 539. The van der Waals surface area contributed by atoms with Crippen LogP contribution in [0, 0.1) is 11.8 Å². The lowest BCUT2D eigenvalue weighted by atomic mass is 9.61. The van der Waals surface area contributed by atoms with E-state index in [1.54, 1.807) is 16.7 Å². The van der Waals surface area contributed by atoms with Gasteiger partial charge in [-0.05, 0) is 73.5 Å². The van der Waals surface area contributed by atoms with Crippen molar-refractivity contribution in [3.05, 3.63) is 47.0 Å². The SMILES string of the molecule is CCCCc1cccc2c1C1(CCC2)CC2C=CC1C2. The number of fused-ring (bicyclic) bond motifs is 5. The second kappa shape index (κ2) is 4.76. The van der Waals surface area contributed by atoms with Crippen LogP contribution in [0.4, 0.5) is 0 Å². The molecule has 1 saturated carbocycles. The van der Waals surface area contributed by atoms with Crippen molar-refractivity contribution in [1.82, 2.24) is 0 Å². The van der Waals surface area contributed by atoms with Gasteiger partial charge < -0.3 is 0 Å². The summed E-state index contributed by atoms with van der Waals surface area (Å²) in [6, 6.07) is 7.16. The van der Waals surface area contributed by atoms with Gasteiger partial charge in [0.2, 0.25) is 0 Å². The Kier molecular flexibility index (Phi) is 3.02. The van der Waals surface area contributed by atoms with E-state index in [4.69, 9.17) is 0 Å². The third-order valence-corrected chi connectivity index (χ3v) is 6.11. The van der Waals surface area contributed by atoms with Crippen molar-refractivity contribution in [3.8, 4) is 0 Å². The molecule has 1 spiro atoms. The number of allylic oxidation sites excluding steroid dienone is 2. The fourth-order valence-electron chi connectivity index (χ4n) is 5.33. The van der Waals surface area contributed by atoms with Crippen LogP contribution in [0.2, 0.25) is 0 Å². The molecule has 0 heterocycles. The Morgan fingerprint density at radius 2 is 2.20 bits per heavy atom. The molecule has 0 heteroatoms. The van der Waals surface area contributed by atoms with Gasteiger partial charge in [-0.3, -0.25) is 0 Å². The van der Waals surface area contributed by atoms with E-state index in [-0.39, 0.29) is 0 Å². The smallest absolute Gasteiger partial charge is 0.00271 e. The van der Waals surface area contributed by atoms with Crippen molar-refractivity contribution in [2.75, 3.05) is 0 Å². The summed E-state index contributed by atoms with van der Waals surface area (Å²) in [5.41, 5.74) is 5.70. The van der Waals surface area contributed by atoms with Gasteiger partial charge in [0.1, 0.15) is 0 Å². The number of hydrogen-bond donors (Lipinski definition) is 0. The summed E-state index contributed by atoms with van der Waals surface area (Å²) in [6.45, 7) is 2.31. The Labute approximate surface area is 123 Å². The number of aryl methyl sites for hydroxylation is 2. The number of unbranched alkanes of at least 4 members (excludes halogenated alkanes) is 1. The van der Waals surface area contributed by atoms with Crippen molar-refractivity contribution < 1.29 is 0 Å². The lowest BCUT2D eigenvalue weighted by Crippen LogP contribution is -2.36. The lowest BCUT2D eigenvalue weighted by Gasteiger charge is -2.42. The Balaban J connectivity index is 1.81. The van der Waals surface area contributed by atoms with Crippen LogP contribution >= 0.6 is 0 Å². The van der Waals surface area contributed by atoms with Gasteiger partial charge in [0.25, 0.3) is 0 Å². The predicted octanol–water partition coefficient (Wildman–Crippen LogP) is 5.20. The van der Waals surface area contributed by atoms with E-state index in [1.165, 1.54) is 51.4 Å². The first-order valence-corrected chi connectivity index (χ1v) is 8.63. The highest BCUT2D eigenvalue weighted by molar-refractivity contribution is 5.47. The largest absolute Gasteiger partial charge is 0.0851 e. The van der Waals surface area contributed by atoms with Gasteiger partial charge in [-0.1, -0.05) is 43.7 Å².